The first-order chi connectivity index (χ1) is 12.0. The van der Waals surface area contributed by atoms with Gasteiger partial charge in [0.05, 0.1) is 17.5 Å². The van der Waals surface area contributed by atoms with Crippen LogP contribution in [0.15, 0.2) is 42.5 Å². The minimum absolute atomic E-state index is 0.0245. The molecule has 0 saturated heterocycles. The smallest absolute Gasteiger partial charge is 0.250 e. The van der Waals surface area contributed by atoms with Crippen molar-refractivity contribution in [1.82, 2.24) is 9.55 Å². The first-order valence-corrected chi connectivity index (χ1v) is 8.30. The molecule has 1 aromatic heterocycles. The van der Waals surface area contributed by atoms with Gasteiger partial charge < -0.3 is 5.32 Å². The van der Waals surface area contributed by atoms with Gasteiger partial charge >= 0.3 is 0 Å². The van der Waals surface area contributed by atoms with Gasteiger partial charge in [-0.1, -0.05) is 35.3 Å². The van der Waals surface area contributed by atoms with E-state index in [4.69, 9.17) is 23.2 Å². The standard InChI is InChI=1S/C17H12Cl2N4O2/c18-9-5-10(19)7-11(6-9)20-15(24)8-14-16(25)22-17-21-12-3-1-2-4-13(12)23(14)17/h1-7,14H,8H2,(H,20,24)(H,21,22,25)/t14-/m1/s1. The van der Waals surface area contributed by atoms with Crippen molar-refractivity contribution in [3.8, 4) is 0 Å². The number of amides is 2. The number of carbonyl (C=O) groups is 2. The van der Waals surface area contributed by atoms with Gasteiger partial charge in [0, 0.05) is 15.7 Å². The molecule has 4 rings (SSSR count). The largest absolute Gasteiger partial charge is 0.326 e. The zero-order valence-corrected chi connectivity index (χ0v) is 14.3. The van der Waals surface area contributed by atoms with Gasteiger partial charge in [0.25, 0.3) is 0 Å². The maximum atomic E-state index is 12.4. The Balaban J connectivity index is 1.59. The predicted octanol–water partition coefficient (Wildman–Crippen LogP) is 3.87. The molecule has 0 bridgehead atoms. The van der Waals surface area contributed by atoms with Crippen LogP contribution in [0.2, 0.25) is 10.0 Å². The quantitative estimate of drug-likeness (QED) is 0.730. The fourth-order valence-electron chi connectivity index (χ4n) is 2.96. The van der Waals surface area contributed by atoms with E-state index >= 15 is 0 Å². The van der Waals surface area contributed by atoms with E-state index in [1.165, 1.54) is 0 Å². The maximum absolute atomic E-state index is 12.4. The number of aromatic nitrogens is 2. The van der Waals surface area contributed by atoms with Gasteiger partial charge in [-0.25, -0.2) is 4.98 Å². The van der Waals surface area contributed by atoms with E-state index in [0.717, 1.165) is 11.0 Å². The number of nitrogens with zero attached hydrogens (tertiary/aromatic N) is 2. The molecule has 0 radical (unpaired) electrons. The summed E-state index contributed by atoms with van der Waals surface area (Å²) in [7, 11) is 0. The summed E-state index contributed by atoms with van der Waals surface area (Å²) in [5, 5.41) is 6.28. The lowest BCUT2D eigenvalue weighted by Crippen LogP contribution is -2.23. The van der Waals surface area contributed by atoms with Gasteiger partial charge in [0.1, 0.15) is 6.04 Å². The Bertz CT molecular complexity index is 995. The van der Waals surface area contributed by atoms with Crippen molar-refractivity contribution < 1.29 is 9.59 Å². The average Bonchev–Trinajstić information content (AvgIpc) is 3.02. The van der Waals surface area contributed by atoms with E-state index in [-0.39, 0.29) is 18.2 Å². The molecule has 1 aliphatic heterocycles. The van der Waals surface area contributed by atoms with Crippen LogP contribution >= 0.6 is 23.2 Å². The average molecular weight is 375 g/mol. The normalized spacial score (nSPS) is 15.9. The topological polar surface area (TPSA) is 76.0 Å². The van der Waals surface area contributed by atoms with Gasteiger partial charge in [-0.3, -0.25) is 19.5 Å². The Morgan fingerprint density at radius 1 is 1.20 bits per heavy atom. The summed E-state index contributed by atoms with van der Waals surface area (Å²) < 4.78 is 1.75. The van der Waals surface area contributed by atoms with E-state index in [1.54, 1.807) is 22.8 Å². The van der Waals surface area contributed by atoms with Crippen LogP contribution in [0.3, 0.4) is 0 Å². The second kappa shape index (κ2) is 6.06. The molecule has 0 aliphatic carbocycles. The Labute approximate surface area is 152 Å². The molecule has 1 aliphatic rings. The summed E-state index contributed by atoms with van der Waals surface area (Å²) in [4.78, 5) is 29.0. The summed E-state index contributed by atoms with van der Waals surface area (Å²) in [6.45, 7) is 0. The summed E-state index contributed by atoms with van der Waals surface area (Å²) in [6, 6.07) is 11.6. The number of nitrogens with one attached hydrogen (secondary N) is 2. The number of rotatable bonds is 3. The van der Waals surface area contributed by atoms with Crippen molar-refractivity contribution >= 4 is 57.7 Å². The third kappa shape index (κ3) is 2.94. The maximum Gasteiger partial charge on any atom is 0.250 e. The summed E-state index contributed by atoms with van der Waals surface area (Å²) in [5.41, 5.74) is 2.06. The number of hydrogen-bond donors (Lipinski definition) is 2. The molecule has 2 heterocycles. The van der Waals surface area contributed by atoms with E-state index in [0.29, 0.717) is 21.7 Å². The van der Waals surface area contributed by atoms with Crippen LogP contribution in [0.5, 0.6) is 0 Å². The molecule has 0 saturated carbocycles. The molecular formula is C17H12Cl2N4O2. The van der Waals surface area contributed by atoms with Crippen LogP contribution in [0.1, 0.15) is 12.5 Å². The second-order valence-electron chi connectivity index (χ2n) is 5.71. The van der Waals surface area contributed by atoms with E-state index in [2.05, 4.69) is 15.6 Å². The van der Waals surface area contributed by atoms with Crippen molar-refractivity contribution in [1.29, 1.82) is 0 Å². The van der Waals surface area contributed by atoms with E-state index in [9.17, 15) is 9.59 Å². The zero-order valence-electron chi connectivity index (χ0n) is 12.8. The number of anilines is 2. The highest BCUT2D eigenvalue weighted by Crippen LogP contribution is 2.32. The third-order valence-corrected chi connectivity index (χ3v) is 4.41. The van der Waals surface area contributed by atoms with Crippen molar-refractivity contribution in [2.24, 2.45) is 0 Å². The lowest BCUT2D eigenvalue weighted by Gasteiger charge is -2.12. The highest BCUT2D eigenvalue weighted by molar-refractivity contribution is 6.35. The lowest BCUT2D eigenvalue weighted by molar-refractivity contribution is -0.123. The van der Waals surface area contributed by atoms with Gasteiger partial charge in [0.2, 0.25) is 17.8 Å². The van der Waals surface area contributed by atoms with Crippen LogP contribution < -0.4 is 10.6 Å². The molecule has 2 amide bonds. The van der Waals surface area contributed by atoms with Crippen LogP contribution in [-0.2, 0) is 9.59 Å². The molecule has 6 nitrogen and oxygen atoms in total. The van der Waals surface area contributed by atoms with Gasteiger partial charge in [-0.15, -0.1) is 0 Å². The second-order valence-corrected chi connectivity index (χ2v) is 6.58. The lowest BCUT2D eigenvalue weighted by atomic mass is 10.1. The monoisotopic (exact) mass is 374 g/mol. The van der Waals surface area contributed by atoms with Crippen molar-refractivity contribution in [2.75, 3.05) is 10.6 Å². The van der Waals surface area contributed by atoms with Gasteiger partial charge in [0.15, 0.2) is 0 Å². The van der Waals surface area contributed by atoms with Gasteiger partial charge in [-0.05, 0) is 30.3 Å². The minimum atomic E-state index is -0.656. The fourth-order valence-corrected chi connectivity index (χ4v) is 3.48. The zero-order chi connectivity index (χ0) is 17.6. The number of benzene rings is 2. The number of halogens is 2. The van der Waals surface area contributed by atoms with Crippen LogP contribution in [-0.4, -0.2) is 21.4 Å². The highest BCUT2D eigenvalue weighted by Gasteiger charge is 2.34. The predicted molar refractivity (Wildman–Crippen MR) is 97.1 cm³/mol. The van der Waals surface area contributed by atoms with Crippen molar-refractivity contribution in [2.45, 2.75) is 12.5 Å². The molecule has 2 N–H and O–H groups in total. The summed E-state index contributed by atoms with van der Waals surface area (Å²) in [5.74, 6) is -0.119. The molecule has 0 unspecified atom stereocenters. The number of hydrogen-bond acceptors (Lipinski definition) is 3. The SMILES string of the molecule is O=C(C[C@@H]1C(=O)Nc2nc3ccccc3n21)Nc1cc(Cl)cc(Cl)c1. The molecule has 8 heteroatoms. The van der Waals surface area contributed by atoms with E-state index < -0.39 is 6.04 Å². The Hall–Kier alpha value is -2.57. The van der Waals surface area contributed by atoms with Crippen LogP contribution in [0.4, 0.5) is 11.6 Å². The van der Waals surface area contributed by atoms with Crippen molar-refractivity contribution in [3.63, 3.8) is 0 Å². The van der Waals surface area contributed by atoms with Crippen LogP contribution in [0.25, 0.3) is 11.0 Å². The Morgan fingerprint density at radius 2 is 1.92 bits per heavy atom. The number of para-hydroxylation sites is 2. The minimum Gasteiger partial charge on any atom is -0.326 e. The molecule has 0 fully saturated rings. The molecule has 2 aromatic carbocycles. The number of carbonyl (C=O) groups excluding carboxylic acids is 2. The van der Waals surface area contributed by atoms with Crippen LogP contribution in [0, 0.1) is 0 Å². The first-order valence-electron chi connectivity index (χ1n) is 7.55. The molecule has 126 valence electrons. The Morgan fingerprint density at radius 3 is 2.68 bits per heavy atom. The van der Waals surface area contributed by atoms with Gasteiger partial charge in [-0.2, -0.15) is 0 Å². The highest BCUT2D eigenvalue weighted by atomic mass is 35.5. The molecule has 25 heavy (non-hydrogen) atoms. The van der Waals surface area contributed by atoms with E-state index in [1.807, 2.05) is 24.3 Å². The first kappa shape index (κ1) is 15.9. The molecule has 0 spiro atoms. The summed E-state index contributed by atoms with van der Waals surface area (Å²) >= 11 is 11.9. The molecular weight excluding hydrogens is 363 g/mol. The number of fused-ring (bicyclic) bond motifs is 3. The molecule has 1 atom stereocenters. The van der Waals surface area contributed by atoms with Crippen molar-refractivity contribution in [3.05, 3.63) is 52.5 Å². The third-order valence-electron chi connectivity index (χ3n) is 3.97. The number of imidazole rings is 1. The summed E-state index contributed by atoms with van der Waals surface area (Å²) in [6.07, 6.45) is -0.0245. The Kier molecular flexibility index (Phi) is 3.86. The molecule has 3 aromatic rings. The fraction of sp³-hybridized carbons (Fsp3) is 0.118.